The van der Waals surface area contributed by atoms with Crippen molar-refractivity contribution in [2.24, 2.45) is 5.92 Å². The van der Waals surface area contributed by atoms with Crippen molar-refractivity contribution in [2.75, 3.05) is 25.1 Å². The summed E-state index contributed by atoms with van der Waals surface area (Å²) in [5, 5.41) is 6.51. The quantitative estimate of drug-likeness (QED) is 0.300. The highest BCUT2D eigenvalue weighted by Gasteiger charge is 2.35. The molecule has 7 nitrogen and oxygen atoms in total. The second-order valence-corrected chi connectivity index (χ2v) is 16.1. The average Bonchev–Trinajstić information content (AvgIpc) is 3.38. The molecule has 0 spiro atoms. The number of nitrogens with one attached hydrogen (secondary N) is 1. The molecule has 4 rings (SSSR count). The van der Waals surface area contributed by atoms with E-state index in [2.05, 4.69) is 25.1 Å². The number of halogens is 3. The van der Waals surface area contributed by atoms with Crippen molar-refractivity contribution in [2.45, 2.75) is 45.3 Å². The Morgan fingerprint density at radius 3 is 2.53 bits per heavy atom. The van der Waals surface area contributed by atoms with Gasteiger partial charge in [-0.05, 0) is 42.7 Å². The van der Waals surface area contributed by atoms with Gasteiger partial charge in [-0.15, -0.1) is 0 Å². The lowest BCUT2D eigenvalue weighted by Gasteiger charge is -2.19. The van der Waals surface area contributed by atoms with E-state index in [4.69, 9.17) is 9.84 Å². The van der Waals surface area contributed by atoms with Crippen LogP contribution in [0.25, 0.3) is 5.57 Å². The van der Waals surface area contributed by atoms with E-state index in [1.165, 1.54) is 0 Å². The molecule has 0 radical (unpaired) electrons. The monoisotopic (exact) mass is 519 g/mol. The van der Waals surface area contributed by atoms with Crippen LogP contribution in [0, 0.1) is 23.4 Å². The molecule has 2 aliphatic heterocycles. The summed E-state index contributed by atoms with van der Waals surface area (Å²) in [6.07, 6.45) is 6.25. The van der Waals surface area contributed by atoms with Gasteiger partial charge in [0, 0.05) is 58.2 Å². The normalized spacial score (nSPS) is 18.1. The summed E-state index contributed by atoms with van der Waals surface area (Å²) >= 11 is 0. The lowest BCUT2D eigenvalue weighted by molar-refractivity contribution is -0.120. The van der Waals surface area contributed by atoms with Crippen molar-refractivity contribution in [1.29, 1.82) is 0 Å². The van der Waals surface area contributed by atoms with Crippen molar-refractivity contribution >= 4 is 25.4 Å². The van der Waals surface area contributed by atoms with Gasteiger partial charge in [0.25, 0.3) is 0 Å². The largest absolute Gasteiger partial charge is 0.359 e. The predicted molar refractivity (Wildman–Crippen MR) is 135 cm³/mol. The molecule has 0 bridgehead atoms. The number of nitrogens with zero attached hydrogens (tertiary/aromatic N) is 4. The van der Waals surface area contributed by atoms with Gasteiger partial charge in [0.1, 0.15) is 12.5 Å². The maximum absolute atomic E-state index is 13.7. The molecule has 36 heavy (non-hydrogen) atoms. The molecular weight excluding hydrogens is 487 g/mol. The molecule has 0 saturated carbocycles. The Balaban J connectivity index is 1.53. The minimum absolute atomic E-state index is 0.126. The Morgan fingerprint density at radius 1 is 1.17 bits per heavy atom. The lowest BCUT2D eigenvalue weighted by Crippen LogP contribution is -2.30. The van der Waals surface area contributed by atoms with Crippen molar-refractivity contribution < 1.29 is 22.7 Å². The number of carbonyl (C=O) groups is 1. The second kappa shape index (κ2) is 10.5. The number of rotatable bonds is 9. The Morgan fingerprint density at radius 2 is 1.89 bits per heavy atom. The SMILES string of the molecule is CN1C=CC(c2cc(N3CCC(Cc4cc(F)c(F)c(F)c4)C3=O)n(COCC[Si](C)(C)C)n2)=CN1. The molecule has 194 valence electrons. The van der Waals surface area contributed by atoms with Crippen LogP contribution in [0.5, 0.6) is 0 Å². The maximum Gasteiger partial charge on any atom is 0.231 e. The highest BCUT2D eigenvalue weighted by Crippen LogP contribution is 2.31. The van der Waals surface area contributed by atoms with Crippen LogP contribution in [0.2, 0.25) is 25.7 Å². The predicted octanol–water partition coefficient (Wildman–Crippen LogP) is 4.51. The van der Waals surface area contributed by atoms with Crippen molar-refractivity contribution in [3.05, 3.63) is 65.4 Å². The van der Waals surface area contributed by atoms with Crippen LogP contribution in [0.3, 0.4) is 0 Å². The van der Waals surface area contributed by atoms with Crippen molar-refractivity contribution in [3.8, 4) is 0 Å². The fourth-order valence-electron chi connectivity index (χ4n) is 4.17. The van der Waals surface area contributed by atoms with Gasteiger partial charge in [0.2, 0.25) is 5.91 Å². The Hall–Kier alpha value is -3.05. The Bertz CT molecular complexity index is 1170. The van der Waals surface area contributed by atoms with Gasteiger partial charge >= 0.3 is 0 Å². The highest BCUT2D eigenvalue weighted by atomic mass is 28.3. The first-order chi connectivity index (χ1) is 17.0. The van der Waals surface area contributed by atoms with E-state index >= 15 is 0 Å². The first-order valence-electron chi connectivity index (χ1n) is 12.0. The third kappa shape index (κ3) is 6.01. The minimum atomic E-state index is -1.50. The summed E-state index contributed by atoms with van der Waals surface area (Å²) in [4.78, 5) is 15.0. The van der Waals surface area contributed by atoms with Crippen molar-refractivity contribution in [3.63, 3.8) is 0 Å². The highest BCUT2D eigenvalue weighted by molar-refractivity contribution is 6.76. The molecular formula is C25H32F3N5O2Si. The zero-order valence-corrected chi connectivity index (χ0v) is 22.0. The number of allylic oxidation sites excluding steroid dienone is 2. The number of hydrogen-bond donors (Lipinski definition) is 1. The van der Waals surface area contributed by atoms with E-state index < -0.39 is 31.4 Å². The van der Waals surface area contributed by atoms with E-state index in [9.17, 15) is 18.0 Å². The average molecular weight is 520 g/mol. The number of aromatic nitrogens is 2. The van der Waals surface area contributed by atoms with Gasteiger partial charge in [-0.3, -0.25) is 14.7 Å². The molecule has 1 saturated heterocycles. The first kappa shape index (κ1) is 26.0. The third-order valence-electron chi connectivity index (χ3n) is 6.28. The smallest absolute Gasteiger partial charge is 0.231 e. The van der Waals surface area contributed by atoms with Gasteiger partial charge in [0.05, 0.1) is 5.69 Å². The van der Waals surface area contributed by atoms with Crippen LogP contribution >= 0.6 is 0 Å². The molecule has 1 fully saturated rings. The zero-order chi connectivity index (χ0) is 26.0. The molecule has 1 N–H and O–H groups in total. The maximum atomic E-state index is 13.7. The number of ether oxygens (including phenoxy) is 1. The van der Waals surface area contributed by atoms with E-state index in [1.807, 2.05) is 31.6 Å². The van der Waals surface area contributed by atoms with E-state index in [0.29, 0.717) is 31.1 Å². The topological polar surface area (TPSA) is 62.6 Å². The molecule has 1 aromatic carbocycles. The number of hydrazine groups is 1. The second-order valence-electron chi connectivity index (χ2n) is 10.4. The van der Waals surface area contributed by atoms with Gasteiger partial charge in [-0.2, -0.15) is 5.10 Å². The molecule has 1 aromatic heterocycles. The molecule has 1 amide bonds. The summed E-state index contributed by atoms with van der Waals surface area (Å²) in [5.74, 6) is -4.04. The molecule has 11 heteroatoms. The number of hydrogen-bond acceptors (Lipinski definition) is 5. The number of anilines is 1. The Labute approximate surface area is 210 Å². The molecule has 2 aliphatic rings. The van der Waals surface area contributed by atoms with Crippen LogP contribution in [0.1, 0.15) is 17.7 Å². The van der Waals surface area contributed by atoms with Crippen LogP contribution in [-0.2, 0) is 22.7 Å². The molecule has 3 heterocycles. The summed E-state index contributed by atoms with van der Waals surface area (Å²) in [6, 6.07) is 4.77. The van der Waals surface area contributed by atoms with Crippen LogP contribution in [-0.4, -0.2) is 49.0 Å². The summed E-state index contributed by atoms with van der Waals surface area (Å²) in [6.45, 7) is 8.08. The fraction of sp³-hybridized carbons (Fsp3) is 0.440. The number of benzene rings is 1. The molecule has 2 aromatic rings. The Kier molecular flexibility index (Phi) is 7.60. The van der Waals surface area contributed by atoms with E-state index in [0.717, 1.165) is 23.7 Å². The summed E-state index contributed by atoms with van der Waals surface area (Å²) in [5.41, 5.74) is 4.89. The number of carbonyl (C=O) groups excluding carboxylic acids is 1. The summed E-state index contributed by atoms with van der Waals surface area (Å²) < 4.78 is 48.3. The van der Waals surface area contributed by atoms with Crippen LogP contribution in [0.4, 0.5) is 19.0 Å². The van der Waals surface area contributed by atoms with Crippen LogP contribution < -0.4 is 10.3 Å². The van der Waals surface area contributed by atoms with E-state index in [-0.39, 0.29) is 24.6 Å². The van der Waals surface area contributed by atoms with Crippen molar-refractivity contribution in [1.82, 2.24) is 20.2 Å². The third-order valence-corrected chi connectivity index (χ3v) is 7.99. The first-order valence-corrected chi connectivity index (χ1v) is 15.7. The minimum Gasteiger partial charge on any atom is -0.359 e. The molecule has 0 aliphatic carbocycles. The van der Waals surface area contributed by atoms with Gasteiger partial charge in [-0.25, -0.2) is 17.9 Å². The standard InChI is InChI=1S/C25H32F3N5O2Si/c1-31-7-5-19(15-29-31)22-14-23(33(30-22)16-35-9-10-36(2,3)4)32-8-6-18(25(32)34)11-17-12-20(26)24(28)21(27)13-17/h5,7,12-15,18,29H,6,8-11,16H2,1-4H3. The van der Waals surface area contributed by atoms with Gasteiger partial charge < -0.3 is 10.2 Å². The lowest BCUT2D eigenvalue weighted by atomic mass is 9.98. The number of amides is 1. The van der Waals surface area contributed by atoms with Crippen LogP contribution in [0.15, 0.2) is 36.7 Å². The fourth-order valence-corrected chi connectivity index (χ4v) is 4.93. The summed E-state index contributed by atoms with van der Waals surface area (Å²) in [7, 11) is 0.618. The van der Waals surface area contributed by atoms with E-state index in [1.54, 1.807) is 14.6 Å². The zero-order valence-electron chi connectivity index (χ0n) is 21.0. The molecule has 1 unspecified atom stereocenters. The van der Waals surface area contributed by atoms with Gasteiger partial charge in [-0.1, -0.05) is 19.6 Å². The van der Waals surface area contributed by atoms with Gasteiger partial charge in [0.15, 0.2) is 17.5 Å². The molecule has 1 atom stereocenters.